The summed E-state index contributed by atoms with van der Waals surface area (Å²) in [5.74, 6) is -0.464. The fourth-order valence-corrected chi connectivity index (χ4v) is 1.79. The normalized spacial score (nSPS) is 15.3. The summed E-state index contributed by atoms with van der Waals surface area (Å²) >= 11 is 0.955. The summed E-state index contributed by atoms with van der Waals surface area (Å²) in [5.41, 5.74) is 0. The topological polar surface area (TPSA) is 90.3 Å². The first-order valence-corrected chi connectivity index (χ1v) is 5.24. The molecule has 6 nitrogen and oxygen atoms in total. The molecule has 1 heterocycles. The number of rotatable bonds is 4. The van der Waals surface area contributed by atoms with Crippen molar-refractivity contribution in [2.75, 3.05) is 18.8 Å². The lowest BCUT2D eigenvalue weighted by molar-refractivity contribution is -0.125. The molecule has 0 atom stereocenters. The van der Waals surface area contributed by atoms with Crippen molar-refractivity contribution < 1.29 is 14.4 Å². The SMILES string of the molecule is N#CCC(=O)NCCN1C(=O)CSC1=O. The lowest BCUT2D eigenvalue weighted by Crippen LogP contribution is -2.37. The van der Waals surface area contributed by atoms with Crippen molar-refractivity contribution in [3.05, 3.63) is 0 Å². The van der Waals surface area contributed by atoms with Crippen LogP contribution in [0.1, 0.15) is 6.42 Å². The van der Waals surface area contributed by atoms with Gasteiger partial charge in [0.05, 0.1) is 11.8 Å². The van der Waals surface area contributed by atoms with Gasteiger partial charge < -0.3 is 5.32 Å². The van der Waals surface area contributed by atoms with Crippen LogP contribution in [0.2, 0.25) is 0 Å². The van der Waals surface area contributed by atoms with Gasteiger partial charge in [0.2, 0.25) is 11.8 Å². The highest BCUT2D eigenvalue weighted by Crippen LogP contribution is 2.17. The summed E-state index contributed by atoms with van der Waals surface area (Å²) in [4.78, 5) is 34.1. The Hall–Kier alpha value is -1.55. The molecule has 0 bridgehead atoms. The summed E-state index contributed by atoms with van der Waals surface area (Å²) in [6.07, 6.45) is -0.212. The molecule has 0 aliphatic carbocycles. The molecule has 1 fully saturated rings. The van der Waals surface area contributed by atoms with Crippen LogP contribution in [0, 0.1) is 11.3 Å². The number of nitrogens with zero attached hydrogens (tertiary/aromatic N) is 2. The van der Waals surface area contributed by atoms with Crippen LogP contribution >= 0.6 is 11.8 Å². The van der Waals surface area contributed by atoms with Crippen LogP contribution in [0.15, 0.2) is 0 Å². The van der Waals surface area contributed by atoms with Crippen LogP contribution in [0.5, 0.6) is 0 Å². The molecule has 0 radical (unpaired) electrons. The minimum Gasteiger partial charge on any atom is -0.353 e. The van der Waals surface area contributed by atoms with Gasteiger partial charge in [-0.2, -0.15) is 5.26 Å². The molecular weight excluding hydrogens is 218 g/mol. The molecule has 1 saturated heterocycles. The molecule has 0 aromatic carbocycles. The number of amides is 3. The van der Waals surface area contributed by atoms with Gasteiger partial charge >= 0.3 is 0 Å². The van der Waals surface area contributed by atoms with Crippen LogP contribution in [0.4, 0.5) is 4.79 Å². The number of nitriles is 1. The van der Waals surface area contributed by atoms with E-state index in [0.717, 1.165) is 16.7 Å². The fourth-order valence-electron chi connectivity index (χ4n) is 1.04. The third-order valence-electron chi connectivity index (χ3n) is 1.74. The van der Waals surface area contributed by atoms with Gasteiger partial charge in [-0.25, -0.2) is 0 Å². The van der Waals surface area contributed by atoms with E-state index in [9.17, 15) is 14.4 Å². The Kier molecular flexibility index (Phi) is 4.12. The Labute approximate surface area is 90.6 Å². The molecule has 0 unspecified atom stereocenters. The van der Waals surface area contributed by atoms with Crippen LogP contribution in [0.3, 0.4) is 0 Å². The molecule has 1 aliphatic heterocycles. The molecule has 0 aromatic heterocycles. The smallest absolute Gasteiger partial charge is 0.288 e. The molecular formula is C8H9N3O3S. The van der Waals surface area contributed by atoms with E-state index in [2.05, 4.69) is 5.32 Å². The number of imide groups is 1. The van der Waals surface area contributed by atoms with Crippen LogP contribution < -0.4 is 5.32 Å². The molecule has 3 amide bonds. The second-order valence-electron chi connectivity index (χ2n) is 2.78. The second kappa shape index (κ2) is 5.36. The van der Waals surface area contributed by atoms with Gasteiger partial charge in [-0.1, -0.05) is 11.8 Å². The van der Waals surface area contributed by atoms with Crippen LogP contribution in [-0.4, -0.2) is 40.8 Å². The maximum absolute atomic E-state index is 11.1. The Bertz CT molecular complexity index is 321. The van der Waals surface area contributed by atoms with E-state index in [1.165, 1.54) is 0 Å². The van der Waals surface area contributed by atoms with Gasteiger partial charge in [-0.05, 0) is 0 Å². The van der Waals surface area contributed by atoms with Gasteiger partial charge in [0.1, 0.15) is 6.42 Å². The Morgan fingerprint density at radius 2 is 2.33 bits per heavy atom. The fraction of sp³-hybridized carbons (Fsp3) is 0.500. The highest BCUT2D eigenvalue weighted by Gasteiger charge is 2.29. The first-order chi connectivity index (χ1) is 7.15. The molecule has 1 aliphatic rings. The quantitative estimate of drug-likeness (QED) is 0.712. The van der Waals surface area contributed by atoms with Crippen molar-refractivity contribution in [3.63, 3.8) is 0 Å². The van der Waals surface area contributed by atoms with Gasteiger partial charge in [0.25, 0.3) is 5.24 Å². The number of hydrogen-bond acceptors (Lipinski definition) is 5. The van der Waals surface area contributed by atoms with Crippen molar-refractivity contribution in [2.45, 2.75) is 6.42 Å². The standard InChI is InChI=1S/C8H9N3O3S/c9-2-1-6(12)10-3-4-11-7(13)5-15-8(11)14/h1,3-5H2,(H,10,12). The van der Waals surface area contributed by atoms with E-state index in [0.29, 0.717) is 0 Å². The zero-order chi connectivity index (χ0) is 11.3. The molecule has 15 heavy (non-hydrogen) atoms. The Morgan fingerprint density at radius 1 is 1.60 bits per heavy atom. The monoisotopic (exact) mass is 227 g/mol. The van der Waals surface area contributed by atoms with Crippen molar-refractivity contribution in [2.24, 2.45) is 0 Å². The predicted octanol–water partition coefficient (Wildman–Crippen LogP) is -0.288. The summed E-state index contributed by atoms with van der Waals surface area (Å²) in [5, 5.41) is 10.4. The zero-order valence-corrected chi connectivity index (χ0v) is 8.67. The number of hydrogen-bond donors (Lipinski definition) is 1. The minimum absolute atomic E-state index is 0.168. The number of thioether (sulfide) groups is 1. The summed E-state index contributed by atoms with van der Waals surface area (Å²) in [6.45, 7) is 0.361. The number of carbonyl (C=O) groups excluding carboxylic acids is 3. The Morgan fingerprint density at radius 3 is 2.87 bits per heavy atom. The predicted molar refractivity (Wildman–Crippen MR) is 52.8 cm³/mol. The van der Waals surface area contributed by atoms with Crippen LogP contribution in [-0.2, 0) is 9.59 Å². The zero-order valence-electron chi connectivity index (χ0n) is 7.86. The highest BCUT2D eigenvalue weighted by atomic mass is 32.2. The van der Waals surface area contributed by atoms with E-state index < -0.39 is 5.91 Å². The van der Waals surface area contributed by atoms with Crippen molar-refractivity contribution in [1.82, 2.24) is 10.2 Å². The molecule has 0 saturated carbocycles. The Balaban J connectivity index is 2.26. The summed E-state index contributed by atoms with van der Waals surface area (Å²) in [7, 11) is 0. The molecule has 0 aromatic rings. The lowest BCUT2D eigenvalue weighted by Gasteiger charge is -2.12. The second-order valence-corrected chi connectivity index (χ2v) is 3.71. The van der Waals surface area contributed by atoms with Crippen molar-refractivity contribution >= 4 is 28.8 Å². The average Bonchev–Trinajstić information content (AvgIpc) is 2.49. The minimum atomic E-state index is -0.399. The maximum Gasteiger partial charge on any atom is 0.288 e. The largest absolute Gasteiger partial charge is 0.353 e. The molecule has 1 N–H and O–H groups in total. The molecule has 7 heteroatoms. The van der Waals surface area contributed by atoms with Crippen molar-refractivity contribution in [1.29, 1.82) is 5.26 Å². The van der Waals surface area contributed by atoms with E-state index >= 15 is 0 Å². The van der Waals surface area contributed by atoms with Gasteiger partial charge in [-0.15, -0.1) is 0 Å². The van der Waals surface area contributed by atoms with E-state index in [1.807, 2.05) is 0 Å². The van der Waals surface area contributed by atoms with Gasteiger partial charge in [0, 0.05) is 13.1 Å². The van der Waals surface area contributed by atoms with E-state index in [-0.39, 0.29) is 36.4 Å². The van der Waals surface area contributed by atoms with Gasteiger partial charge in [-0.3, -0.25) is 19.3 Å². The van der Waals surface area contributed by atoms with E-state index in [1.54, 1.807) is 6.07 Å². The lowest BCUT2D eigenvalue weighted by atomic mass is 10.4. The highest BCUT2D eigenvalue weighted by molar-refractivity contribution is 8.14. The summed E-state index contributed by atoms with van der Waals surface area (Å²) < 4.78 is 0. The van der Waals surface area contributed by atoms with Gasteiger partial charge in [0.15, 0.2) is 0 Å². The number of nitrogens with one attached hydrogen (secondary N) is 1. The third kappa shape index (κ3) is 3.25. The number of carbonyl (C=O) groups is 3. The van der Waals surface area contributed by atoms with Crippen LogP contribution in [0.25, 0.3) is 0 Å². The third-order valence-corrected chi connectivity index (χ3v) is 2.60. The summed E-state index contributed by atoms with van der Waals surface area (Å²) in [6, 6.07) is 1.70. The van der Waals surface area contributed by atoms with E-state index in [4.69, 9.17) is 5.26 Å². The first kappa shape index (κ1) is 11.5. The molecule has 0 spiro atoms. The maximum atomic E-state index is 11.1. The first-order valence-electron chi connectivity index (χ1n) is 4.26. The molecule has 1 rings (SSSR count). The van der Waals surface area contributed by atoms with Crippen molar-refractivity contribution in [3.8, 4) is 6.07 Å². The average molecular weight is 227 g/mol. The molecule has 80 valence electrons.